The van der Waals surface area contributed by atoms with Crippen molar-refractivity contribution in [1.82, 2.24) is 4.31 Å². The summed E-state index contributed by atoms with van der Waals surface area (Å²) in [5.74, 6) is 0.987. The van der Waals surface area contributed by atoms with Crippen LogP contribution >= 0.6 is 0 Å². The van der Waals surface area contributed by atoms with Gasteiger partial charge in [0.05, 0.1) is 5.75 Å². The summed E-state index contributed by atoms with van der Waals surface area (Å²) in [7, 11) is -3.01. The third-order valence-corrected chi connectivity index (χ3v) is 5.46. The molecule has 0 bridgehead atoms. The first-order valence-corrected chi connectivity index (χ1v) is 7.42. The summed E-state index contributed by atoms with van der Waals surface area (Å²) >= 11 is 0. The molecule has 1 atom stereocenters. The summed E-state index contributed by atoms with van der Waals surface area (Å²) in [5.41, 5.74) is 5.71. The second-order valence-electron chi connectivity index (χ2n) is 4.81. The van der Waals surface area contributed by atoms with Gasteiger partial charge < -0.3 is 5.73 Å². The zero-order valence-corrected chi connectivity index (χ0v) is 9.88. The Balaban J connectivity index is 1.83. The van der Waals surface area contributed by atoms with Gasteiger partial charge in [-0.25, -0.2) is 12.7 Å². The van der Waals surface area contributed by atoms with E-state index in [-0.39, 0.29) is 6.04 Å². The number of nitrogens with zero attached hydrogens (tertiary/aromatic N) is 1. The van der Waals surface area contributed by atoms with Gasteiger partial charge in [0.25, 0.3) is 0 Å². The topological polar surface area (TPSA) is 63.4 Å². The summed E-state index contributed by atoms with van der Waals surface area (Å²) < 4.78 is 25.4. The predicted octanol–water partition coefficient (Wildman–Crippen LogP) is 0.539. The third-order valence-electron chi connectivity index (χ3n) is 3.59. The Morgan fingerprint density at radius 1 is 1.27 bits per heavy atom. The molecule has 2 fully saturated rings. The summed E-state index contributed by atoms with van der Waals surface area (Å²) in [6.45, 7) is 1.14. The third kappa shape index (κ3) is 2.71. The fraction of sp³-hybridized carbons (Fsp3) is 1.00. The largest absolute Gasteiger partial charge is 0.326 e. The Labute approximate surface area is 91.9 Å². The minimum atomic E-state index is -3.01. The number of sulfonamides is 1. The molecule has 0 aromatic carbocycles. The van der Waals surface area contributed by atoms with Gasteiger partial charge in [0, 0.05) is 19.1 Å². The second kappa shape index (κ2) is 4.39. The average Bonchev–Trinajstić information content (AvgIpc) is 2.49. The van der Waals surface area contributed by atoms with Crippen molar-refractivity contribution < 1.29 is 8.42 Å². The number of hydrogen-bond acceptors (Lipinski definition) is 3. The van der Waals surface area contributed by atoms with E-state index in [1.807, 2.05) is 0 Å². The van der Waals surface area contributed by atoms with Crippen LogP contribution in [0.25, 0.3) is 0 Å². The molecule has 1 aliphatic heterocycles. The van der Waals surface area contributed by atoms with Gasteiger partial charge in [-0.2, -0.15) is 0 Å². The lowest BCUT2D eigenvalue weighted by Crippen LogP contribution is -2.34. The zero-order valence-electron chi connectivity index (χ0n) is 9.06. The molecule has 0 spiro atoms. The Bertz CT molecular complexity index is 311. The van der Waals surface area contributed by atoms with Crippen molar-refractivity contribution in [3.63, 3.8) is 0 Å². The smallest absolute Gasteiger partial charge is 0.214 e. The van der Waals surface area contributed by atoms with Crippen molar-refractivity contribution in [2.45, 2.75) is 38.1 Å². The van der Waals surface area contributed by atoms with Gasteiger partial charge in [0.2, 0.25) is 10.0 Å². The minimum Gasteiger partial charge on any atom is -0.326 e. The molecule has 1 saturated heterocycles. The van der Waals surface area contributed by atoms with E-state index in [4.69, 9.17) is 5.73 Å². The van der Waals surface area contributed by atoms with Gasteiger partial charge >= 0.3 is 0 Å². The Kier molecular flexibility index (Phi) is 3.33. The molecule has 15 heavy (non-hydrogen) atoms. The maximum Gasteiger partial charge on any atom is 0.214 e. The molecule has 1 aliphatic carbocycles. The molecule has 0 radical (unpaired) electrons. The normalized spacial score (nSPS) is 29.3. The highest BCUT2D eigenvalue weighted by molar-refractivity contribution is 7.89. The molecule has 5 heteroatoms. The monoisotopic (exact) mass is 232 g/mol. The minimum absolute atomic E-state index is 0.0449. The molecule has 4 nitrogen and oxygen atoms in total. The highest BCUT2D eigenvalue weighted by Crippen LogP contribution is 2.30. The van der Waals surface area contributed by atoms with Crippen LogP contribution in [0.5, 0.6) is 0 Å². The molecule has 2 rings (SSSR count). The Hall–Kier alpha value is -0.130. The van der Waals surface area contributed by atoms with Gasteiger partial charge in [-0.05, 0) is 18.8 Å². The molecule has 2 N–H and O–H groups in total. The van der Waals surface area contributed by atoms with E-state index in [2.05, 4.69) is 0 Å². The fourth-order valence-electron chi connectivity index (χ4n) is 2.23. The lowest BCUT2D eigenvalue weighted by molar-refractivity contribution is 0.305. The lowest BCUT2D eigenvalue weighted by Gasteiger charge is -2.26. The first kappa shape index (κ1) is 11.4. The van der Waals surface area contributed by atoms with Gasteiger partial charge in [-0.15, -0.1) is 0 Å². The van der Waals surface area contributed by atoms with E-state index in [1.165, 1.54) is 19.3 Å². The molecule has 0 aromatic heterocycles. The van der Waals surface area contributed by atoms with Crippen molar-refractivity contribution in [3.05, 3.63) is 0 Å². The number of nitrogens with two attached hydrogens (primary N) is 1. The number of hydrogen-bond donors (Lipinski definition) is 1. The molecule has 0 aromatic rings. The van der Waals surface area contributed by atoms with E-state index in [0.717, 1.165) is 12.8 Å². The average molecular weight is 232 g/mol. The molecular weight excluding hydrogens is 212 g/mol. The SMILES string of the molecule is N[C@@H]1CCN(S(=O)(=O)CCC2CCC2)C1. The van der Waals surface area contributed by atoms with E-state index in [0.29, 0.717) is 24.8 Å². The number of rotatable bonds is 4. The first-order valence-electron chi connectivity index (χ1n) is 5.81. The highest BCUT2D eigenvalue weighted by Gasteiger charge is 2.30. The van der Waals surface area contributed by atoms with Crippen LogP contribution < -0.4 is 5.73 Å². The quantitative estimate of drug-likeness (QED) is 0.769. The Morgan fingerprint density at radius 3 is 2.47 bits per heavy atom. The Morgan fingerprint density at radius 2 is 2.00 bits per heavy atom. The molecule has 0 amide bonds. The lowest BCUT2D eigenvalue weighted by atomic mass is 9.84. The molecular formula is C10H20N2O2S. The summed E-state index contributed by atoms with van der Waals surface area (Å²) in [5, 5.41) is 0. The van der Waals surface area contributed by atoms with Crippen molar-refractivity contribution in [2.75, 3.05) is 18.8 Å². The second-order valence-corrected chi connectivity index (χ2v) is 6.90. The van der Waals surface area contributed by atoms with E-state index in [9.17, 15) is 8.42 Å². The van der Waals surface area contributed by atoms with Crippen LogP contribution in [-0.2, 0) is 10.0 Å². The van der Waals surface area contributed by atoms with Gasteiger partial charge in [-0.3, -0.25) is 0 Å². The first-order chi connectivity index (χ1) is 7.08. The van der Waals surface area contributed by atoms with Crippen molar-refractivity contribution in [2.24, 2.45) is 11.7 Å². The molecule has 1 heterocycles. The summed E-state index contributed by atoms with van der Waals surface area (Å²) in [6, 6.07) is 0.0449. The van der Waals surface area contributed by atoms with Crippen LogP contribution in [0.1, 0.15) is 32.1 Å². The molecule has 1 saturated carbocycles. The van der Waals surface area contributed by atoms with Crippen LogP contribution in [0.3, 0.4) is 0 Å². The summed E-state index contributed by atoms with van der Waals surface area (Å²) in [6.07, 6.45) is 5.36. The van der Waals surface area contributed by atoms with Crippen LogP contribution in [0.15, 0.2) is 0 Å². The molecule has 88 valence electrons. The van der Waals surface area contributed by atoms with E-state index >= 15 is 0 Å². The van der Waals surface area contributed by atoms with Gasteiger partial charge in [-0.1, -0.05) is 19.3 Å². The maximum atomic E-state index is 11.9. The van der Waals surface area contributed by atoms with Crippen LogP contribution in [0.4, 0.5) is 0 Å². The standard InChI is InChI=1S/C10H20N2O2S/c11-10-4-6-12(8-10)15(13,14)7-5-9-2-1-3-9/h9-10H,1-8,11H2/t10-/m1/s1. The maximum absolute atomic E-state index is 11.9. The zero-order chi connectivity index (χ0) is 10.9. The highest BCUT2D eigenvalue weighted by atomic mass is 32.2. The summed E-state index contributed by atoms with van der Waals surface area (Å²) in [4.78, 5) is 0. The van der Waals surface area contributed by atoms with E-state index in [1.54, 1.807) is 4.31 Å². The predicted molar refractivity (Wildman–Crippen MR) is 59.9 cm³/mol. The van der Waals surface area contributed by atoms with Crippen molar-refractivity contribution in [1.29, 1.82) is 0 Å². The van der Waals surface area contributed by atoms with Crippen molar-refractivity contribution >= 4 is 10.0 Å². The fourth-order valence-corrected chi connectivity index (χ4v) is 3.92. The molecule has 0 unspecified atom stereocenters. The van der Waals surface area contributed by atoms with Crippen LogP contribution in [0, 0.1) is 5.92 Å². The molecule has 2 aliphatic rings. The van der Waals surface area contributed by atoms with Gasteiger partial charge in [0.15, 0.2) is 0 Å². The van der Waals surface area contributed by atoms with Crippen LogP contribution in [0.2, 0.25) is 0 Å². The van der Waals surface area contributed by atoms with Crippen molar-refractivity contribution in [3.8, 4) is 0 Å². The van der Waals surface area contributed by atoms with Crippen LogP contribution in [-0.4, -0.2) is 37.6 Å². The van der Waals surface area contributed by atoms with E-state index < -0.39 is 10.0 Å². The van der Waals surface area contributed by atoms with Gasteiger partial charge in [0.1, 0.15) is 0 Å².